The van der Waals surface area contributed by atoms with Gasteiger partial charge in [0.05, 0.1) is 12.7 Å². The van der Waals surface area contributed by atoms with E-state index in [4.69, 9.17) is 5.11 Å². The van der Waals surface area contributed by atoms with Crippen LogP contribution in [0, 0.1) is 0 Å². The van der Waals surface area contributed by atoms with Crippen LogP contribution in [0.3, 0.4) is 0 Å². The summed E-state index contributed by atoms with van der Waals surface area (Å²) in [6.45, 7) is 2.25. The summed E-state index contributed by atoms with van der Waals surface area (Å²) in [7, 11) is 0. The monoisotopic (exact) mass is 301 g/mol. The maximum atomic E-state index is 10.2. The second kappa shape index (κ2) is 7.94. The first-order valence-corrected chi connectivity index (χ1v) is 7.48. The van der Waals surface area contributed by atoms with E-state index in [9.17, 15) is 10.2 Å². The Bertz CT molecular complexity index is 586. The summed E-state index contributed by atoms with van der Waals surface area (Å²) in [5.41, 5.74) is 2.36. The second-order valence-corrected chi connectivity index (χ2v) is 5.56. The molecule has 0 bridgehead atoms. The molecule has 0 saturated heterocycles. The molecule has 0 heterocycles. The van der Waals surface area contributed by atoms with Gasteiger partial charge in [-0.1, -0.05) is 36.4 Å². The highest BCUT2D eigenvalue weighted by Gasteiger charge is 2.12. The van der Waals surface area contributed by atoms with E-state index in [-0.39, 0.29) is 18.4 Å². The summed E-state index contributed by atoms with van der Waals surface area (Å²) in [5.74, 6) is 0.0452. The van der Waals surface area contributed by atoms with E-state index in [0.29, 0.717) is 17.7 Å². The van der Waals surface area contributed by atoms with Gasteiger partial charge in [0.15, 0.2) is 0 Å². The Kier molecular flexibility index (Phi) is 5.95. The van der Waals surface area contributed by atoms with Crippen LogP contribution in [-0.4, -0.2) is 27.9 Å². The van der Waals surface area contributed by atoms with E-state index in [1.54, 1.807) is 12.1 Å². The van der Waals surface area contributed by atoms with Crippen LogP contribution in [0.25, 0.3) is 0 Å². The molecule has 0 aromatic heterocycles. The van der Waals surface area contributed by atoms with Crippen molar-refractivity contribution >= 4 is 0 Å². The molecule has 0 unspecified atom stereocenters. The molecule has 0 amide bonds. The van der Waals surface area contributed by atoms with Crippen LogP contribution in [0.5, 0.6) is 5.75 Å². The van der Waals surface area contributed by atoms with Crippen molar-refractivity contribution in [2.24, 2.45) is 0 Å². The van der Waals surface area contributed by atoms with Gasteiger partial charge in [-0.2, -0.15) is 0 Å². The number of benzene rings is 2. The number of aliphatic hydroxyl groups is 2. The summed E-state index contributed by atoms with van der Waals surface area (Å²) in [4.78, 5) is 0. The maximum absolute atomic E-state index is 10.2. The van der Waals surface area contributed by atoms with Crippen LogP contribution in [-0.2, 0) is 13.0 Å². The van der Waals surface area contributed by atoms with Crippen molar-refractivity contribution in [1.29, 1.82) is 0 Å². The summed E-state index contributed by atoms with van der Waals surface area (Å²) in [6, 6.07) is 15.2. The van der Waals surface area contributed by atoms with E-state index in [2.05, 4.69) is 24.4 Å². The van der Waals surface area contributed by atoms with Gasteiger partial charge in [-0.15, -0.1) is 0 Å². The first kappa shape index (κ1) is 16.5. The second-order valence-electron chi connectivity index (χ2n) is 5.56. The zero-order valence-corrected chi connectivity index (χ0v) is 12.7. The minimum Gasteiger partial charge on any atom is -0.508 e. The minimum atomic E-state index is -0.677. The normalized spacial score (nSPS) is 13.8. The Morgan fingerprint density at radius 1 is 1.09 bits per heavy atom. The van der Waals surface area contributed by atoms with Crippen molar-refractivity contribution in [2.45, 2.75) is 32.1 Å². The van der Waals surface area contributed by atoms with Crippen molar-refractivity contribution in [3.8, 4) is 5.75 Å². The molecule has 0 spiro atoms. The summed E-state index contributed by atoms with van der Waals surface area (Å²) < 4.78 is 0. The van der Waals surface area contributed by atoms with Crippen LogP contribution >= 0.6 is 0 Å². The van der Waals surface area contributed by atoms with Crippen LogP contribution in [0.15, 0.2) is 48.5 Å². The lowest BCUT2D eigenvalue weighted by atomic mass is 10.0. The lowest BCUT2D eigenvalue weighted by molar-refractivity contribution is 0.170. The van der Waals surface area contributed by atoms with Gasteiger partial charge in [0, 0.05) is 18.2 Å². The lowest BCUT2D eigenvalue weighted by Crippen LogP contribution is -2.32. The molecular formula is C18H23NO3. The Morgan fingerprint density at radius 2 is 1.82 bits per heavy atom. The third-order valence-electron chi connectivity index (χ3n) is 3.70. The number of nitrogens with one attached hydrogen (secondary N) is 1. The molecule has 0 aliphatic rings. The van der Waals surface area contributed by atoms with Crippen molar-refractivity contribution in [3.63, 3.8) is 0 Å². The largest absolute Gasteiger partial charge is 0.508 e. The zero-order valence-electron chi connectivity index (χ0n) is 12.7. The first-order valence-electron chi connectivity index (χ1n) is 7.48. The Hall–Kier alpha value is -1.88. The number of phenols is 1. The van der Waals surface area contributed by atoms with Gasteiger partial charge in [-0.25, -0.2) is 0 Å². The van der Waals surface area contributed by atoms with Crippen molar-refractivity contribution in [2.75, 3.05) is 6.54 Å². The molecule has 4 N–H and O–H groups in total. The molecule has 22 heavy (non-hydrogen) atoms. The molecule has 0 saturated carbocycles. The van der Waals surface area contributed by atoms with Gasteiger partial charge >= 0.3 is 0 Å². The summed E-state index contributed by atoms with van der Waals surface area (Å²) in [6.07, 6.45) is 0.217. The van der Waals surface area contributed by atoms with Gasteiger partial charge in [0.25, 0.3) is 0 Å². The summed E-state index contributed by atoms with van der Waals surface area (Å²) >= 11 is 0. The molecule has 0 aliphatic carbocycles. The number of aliphatic hydroxyl groups excluding tert-OH is 2. The van der Waals surface area contributed by atoms with Gasteiger partial charge in [-0.3, -0.25) is 0 Å². The molecular weight excluding hydrogens is 278 g/mol. The number of hydrogen-bond donors (Lipinski definition) is 4. The molecule has 4 nitrogen and oxygen atoms in total. The topological polar surface area (TPSA) is 72.7 Å². The van der Waals surface area contributed by atoms with Crippen LogP contribution in [0.1, 0.15) is 29.7 Å². The number of hydrogen-bond acceptors (Lipinski definition) is 4. The molecule has 2 aromatic rings. The fourth-order valence-corrected chi connectivity index (χ4v) is 2.41. The quantitative estimate of drug-likeness (QED) is 0.632. The van der Waals surface area contributed by atoms with E-state index in [1.165, 1.54) is 11.6 Å². The van der Waals surface area contributed by atoms with Gasteiger partial charge in [0.1, 0.15) is 5.75 Å². The predicted molar refractivity (Wildman–Crippen MR) is 86.6 cm³/mol. The average Bonchev–Trinajstić information content (AvgIpc) is 2.54. The average molecular weight is 301 g/mol. The Balaban J connectivity index is 1.88. The molecule has 0 aliphatic heterocycles. The van der Waals surface area contributed by atoms with Crippen molar-refractivity contribution in [3.05, 3.63) is 65.2 Å². The molecule has 2 rings (SSSR count). The van der Waals surface area contributed by atoms with Gasteiger partial charge in [0.2, 0.25) is 0 Å². The number of aromatic hydroxyl groups is 1. The first-order chi connectivity index (χ1) is 10.6. The fraction of sp³-hybridized carbons (Fsp3) is 0.333. The minimum absolute atomic E-state index is 0.0452. The Labute approximate surface area is 131 Å². The van der Waals surface area contributed by atoms with E-state index in [1.807, 2.05) is 18.2 Å². The third-order valence-corrected chi connectivity index (χ3v) is 3.70. The van der Waals surface area contributed by atoms with E-state index in [0.717, 1.165) is 6.42 Å². The maximum Gasteiger partial charge on any atom is 0.121 e. The Morgan fingerprint density at radius 3 is 2.50 bits per heavy atom. The molecule has 4 heteroatoms. The van der Waals surface area contributed by atoms with Crippen LogP contribution in [0.4, 0.5) is 0 Å². The highest BCUT2D eigenvalue weighted by Crippen LogP contribution is 2.22. The van der Waals surface area contributed by atoms with Crippen LogP contribution < -0.4 is 5.32 Å². The number of rotatable bonds is 7. The predicted octanol–water partition coefficient (Wildman–Crippen LogP) is 2.14. The fourth-order valence-electron chi connectivity index (χ4n) is 2.41. The molecule has 2 atom stereocenters. The standard InChI is InChI=1S/C18H23NO3/c1-13(9-14-5-3-2-4-6-14)19-11-18(22)15-7-8-17(21)16(10-15)12-20/h2-8,10,13,18-22H,9,11-12H2,1H3/t13-,18-/m0/s1. The molecule has 0 radical (unpaired) electrons. The van der Waals surface area contributed by atoms with Crippen molar-refractivity contribution in [1.82, 2.24) is 5.32 Å². The third kappa shape index (κ3) is 4.56. The highest BCUT2D eigenvalue weighted by molar-refractivity contribution is 5.36. The molecule has 0 fully saturated rings. The lowest BCUT2D eigenvalue weighted by Gasteiger charge is -2.18. The SMILES string of the molecule is C[C@@H](Cc1ccccc1)NC[C@H](O)c1ccc(O)c(CO)c1. The van der Waals surface area contributed by atoms with E-state index >= 15 is 0 Å². The molecule has 2 aromatic carbocycles. The van der Waals surface area contributed by atoms with Crippen LogP contribution in [0.2, 0.25) is 0 Å². The van der Waals surface area contributed by atoms with E-state index < -0.39 is 6.10 Å². The summed E-state index contributed by atoms with van der Waals surface area (Å²) in [5, 5.41) is 32.2. The smallest absolute Gasteiger partial charge is 0.121 e. The molecule has 118 valence electrons. The highest BCUT2D eigenvalue weighted by atomic mass is 16.3. The van der Waals surface area contributed by atoms with Gasteiger partial charge in [-0.05, 0) is 36.6 Å². The van der Waals surface area contributed by atoms with Gasteiger partial charge < -0.3 is 20.6 Å². The zero-order chi connectivity index (χ0) is 15.9. The van der Waals surface area contributed by atoms with Crippen molar-refractivity contribution < 1.29 is 15.3 Å².